The van der Waals surface area contributed by atoms with E-state index in [4.69, 9.17) is 25.5 Å². The highest BCUT2D eigenvalue weighted by molar-refractivity contribution is 6.34. The summed E-state index contributed by atoms with van der Waals surface area (Å²) < 4.78 is 16.2. The first-order chi connectivity index (χ1) is 13.5. The molecule has 0 radical (unpaired) electrons. The van der Waals surface area contributed by atoms with Crippen LogP contribution < -0.4 is 25.7 Å². The Morgan fingerprint density at radius 1 is 1.11 bits per heavy atom. The Kier molecular flexibility index (Phi) is 4.83. The normalized spacial score (nSPS) is 12.6. The SMILES string of the molecule is Cc1cc(=O)oc2cc(NCC(=O)Nc3cc4c(cc3Cl)OCCO4)ccc12. The first-order valence-corrected chi connectivity index (χ1v) is 9.05. The summed E-state index contributed by atoms with van der Waals surface area (Å²) in [4.78, 5) is 23.8. The van der Waals surface area contributed by atoms with Gasteiger partial charge in [-0.3, -0.25) is 4.79 Å². The lowest BCUT2D eigenvalue weighted by Crippen LogP contribution is -2.22. The zero-order valence-electron chi connectivity index (χ0n) is 15.0. The van der Waals surface area contributed by atoms with E-state index in [0.29, 0.717) is 46.7 Å². The Hall–Kier alpha value is -3.19. The summed E-state index contributed by atoms with van der Waals surface area (Å²) in [6, 6.07) is 10.0. The van der Waals surface area contributed by atoms with Gasteiger partial charge in [0.05, 0.1) is 17.3 Å². The van der Waals surface area contributed by atoms with Crippen molar-refractivity contribution < 1.29 is 18.7 Å². The van der Waals surface area contributed by atoms with Crippen LogP contribution in [0.1, 0.15) is 5.56 Å². The molecule has 0 fully saturated rings. The summed E-state index contributed by atoms with van der Waals surface area (Å²) in [6.07, 6.45) is 0. The van der Waals surface area contributed by atoms with Gasteiger partial charge < -0.3 is 24.5 Å². The fraction of sp³-hybridized carbons (Fsp3) is 0.200. The van der Waals surface area contributed by atoms with Gasteiger partial charge in [-0.25, -0.2) is 4.79 Å². The maximum Gasteiger partial charge on any atom is 0.336 e. The molecule has 0 atom stereocenters. The molecule has 0 spiro atoms. The van der Waals surface area contributed by atoms with E-state index in [-0.39, 0.29) is 12.5 Å². The van der Waals surface area contributed by atoms with Crippen molar-refractivity contribution in [3.8, 4) is 11.5 Å². The van der Waals surface area contributed by atoms with Crippen molar-refractivity contribution in [2.24, 2.45) is 0 Å². The number of hydrogen-bond acceptors (Lipinski definition) is 6. The van der Waals surface area contributed by atoms with Crippen LogP contribution in [0.25, 0.3) is 11.0 Å². The van der Waals surface area contributed by atoms with Crippen LogP contribution in [0.2, 0.25) is 5.02 Å². The molecule has 0 unspecified atom stereocenters. The van der Waals surface area contributed by atoms with Crippen LogP contribution in [0.4, 0.5) is 11.4 Å². The summed E-state index contributed by atoms with van der Waals surface area (Å²) in [5.74, 6) is 0.809. The number of nitrogens with one attached hydrogen (secondary N) is 2. The number of amides is 1. The molecule has 2 N–H and O–H groups in total. The highest BCUT2D eigenvalue weighted by atomic mass is 35.5. The van der Waals surface area contributed by atoms with Gasteiger partial charge in [-0.1, -0.05) is 11.6 Å². The molecule has 1 aliphatic heterocycles. The molecule has 0 aliphatic carbocycles. The number of anilines is 2. The Labute approximate surface area is 165 Å². The quantitative estimate of drug-likeness (QED) is 0.651. The minimum absolute atomic E-state index is 0.00628. The number of halogens is 1. The van der Waals surface area contributed by atoms with Gasteiger partial charge in [0.25, 0.3) is 0 Å². The average molecular weight is 401 g/mol. The number of hydrogen-bond donors (Lipinski definition) is 2. The highest BCUT2D eigenvalue weighted by Crippen LogP contribution is 2.37. The van der Waals surface area contributed by atoms with Crippen LogP contribution in [-0.2, 0) is 4.79 Å². The monoisotopic (exact) mass is 400 g/mol. The van der Waals surface area contributed by atoms with E-state index in [1.54, 1.807) is 18.2 Å². The smallest absolute Gasteiger partial charge is 0.336 e. The van der Waals surface area contributed by atoms with Gasteiger partial charge in [-0.15, -0.1) is 0 Å². The van der Waals surface area contributed by atoms with Crippen molar-refractivity contribution in [1.29, 1.82) is 0 Å². The lowest BCUT2D eigenvalue weighted by Gasteiger charge is -2.20. The second kappa shape index (κ2) is 7.44. The Morgan fingerprint density at radius 3 is 2.64 bits per heavy atom. The first kappa shape index (κ1) is 18.2. The van der Waals surface area contributed by atoms with Gasteiger partial charge in [0.15, 0.2) is 11.5 Å². The van der Waals surface area contributed by atoms with E-state index in [9.17, 15) is 9.59 Å². The molecule has 0 saturated carbocycles. The lowest BCUT2D eigenvalue weighted by atomic mass is 10.1. The Balaban J connectivity index is 1.45. The molecule has 144 valence electrons. The fourth-order valence-electron chi connectivity index (χ4n) is 2.97. The molecule has 2 aromatic carbocycles. The summed E-state index contributed by atoms with van der Waals surface area (Å²) in [6.45, 7) is 2.76. The van der Waals surface area contributed by atoms with Crippen molar-refractivity contribution in [3.63, 3.8) is 0 Å². The van der Waals surface area contributed by atoms with E-state index < -0.39 is 5.63 Å². The van der Waals surface area contributed by atoms with Gasteiger partial charge in [0.1, 0.15) is 18.8 Å². The molecule has 0 saturated heterocycles. The summed E-state index contributed by atoms with van der Waals surface area (Å²) in [5, 5.41) is 6.95. The fourth-order valence-corrected chi connectivity index (χ4v) is 3.17. The highest BCUT2D eigenvalue weighted by Gasteiger charge is 2.16. The van der Waals surface area contributed by atoms with Crippen molar-refractivity contribution in [3.05, 3.63) is 57.4 Å². The minimum Gasteiger partial charge on any atom is -0.486 e. The van der Waals surface area contributed by atoms with E-state index in [1.807, 2.05) is 19.1 Å². The van der Waals surface area contributed by atoms with Gasteiger partial charge in [0, 0.05) is 35.3 Å². The number of fused-ring (bicyclic) bond motifs is 2. The van der Waals surface area contributed by atoms with E-state index in [0.717, 1.165) is 10.9 Å². The molecular formula is C20H17ClN2O5. The zero-order chi connectivity index (χ0) is 19.7. The Morgan fingerprint density at radius 2 is 1.86 bits per heavy atom. The molecule has 1 amide bonds. The van der Waals surface area contributed by atoms with Crippen molar-refractivity contribution in [2.45, 2.75) is 6.92 Å². The number of ether oxygens (including phenoxy) is 2. The number of carbonyl (C=O) groups is 1. The molecule has 1 aromatic heterocycles. The predicted molar refractivity (Wildman–Crippen MR) is 107 cm³/mol. The molecule has 3 aromatic rings. The largest absolute Gasteiger partial charge is 0.486 e. The van der Waals surface area contributed by atoms with Crippen molar-refractivity contribution >= 4 is 39.9 Å². The molecule has 7 nitrogen and oxygen atoms in total. The van der Waals surface area contributed by atoms with E-state index >= 15 is 0 Å². The van der Waals surface area contributed by atoms with Crippen LogP contribution in [0, 0.1) is 6.92 Å². The van der Waals surface area contributed by atoms with Gasteiger partial charge in [0.2, 0.25) is 5.91 Å². The number of carbonyl (C=O) groups excluding carboxylic acids is 1. The van der Waals surface area contributed by atoms with Crippen molar-refractivity contribution in [2.75, 3.05) is 30.4 Å². The molecule has 28 heavy (non-hydrogen) atoms. The van der Waals surface area contributed by atoms with Crippen LogP contribution in [0.5, 0.6) is 11.5 Å². The van der Waals surface area contributed by atoms with Crippen LogP contribution in [0.3, 0.4) is 0 Å². The summed E-state index contributed by atoms with van der Waals surface area (Å²) in [7, 11) is 0. The number of rotatable bonds is 4. The zero-order valence-corrected chi connectivity index (χ0v) is 15.8. The van der Waals surface area contributed by atoms with E-state index in [1.165, 1.54) is 6.07 Å². The number of aryl methyl sites for hydroxylation is 1. The molecule has 0 bridgehead atoms. The maximum atomic E-state index is 12.3. The second-order valence-corrected chi connectivity index (χ2v) is 6.74. The van der Waals surface area contributed by atoms with Gasteiger partial charge in [-0.05, 0) is 24.6 Å². The third-order valence-electron chi connectivity index (χ3n) is 4.31. The lowest BCUT2D eigenvalue weighted by molar-refractivity contribution is -0.114. The first-order valence-electron chi connectivity index (χ1n) is 8.67. The minimum atomic E-state index is -0.409. The maximum absolute atomic E-state index is 12.3. The molecule has 8 heteroatoms. The molecule has 4 rings (SSSR count). The topological polar surface area (TPSA) is 89.8 Å². The van der Waals surface area contributed by atoms with Crippen molar-refractivity contribution in [1.82, 2.24) is 0 Å². The van der Waals surface area contributed by atoms with Crippen LogP contribution in [0.15, 0.2) is 45.6 Å². The standard InChI is InChI=1S/C20H17ClN2O5/c1-11-6-20(25)28-16-7-12(2-3-13(11)16)22-10-19(24)23-15-9-18-17(8-14(15)21)26-4-5-27-18/h2-3,6-9,22H,4-5,10H2,1H3,(H,23,24). The number of benzene rings is 2. The Bertz CT molecular complexity index is 1130. The van der Waals surface area contributed by atoms with E-state index in [2.05, 4.69) is 10.6 Å². The van der Waals surface area contributed by atoms with Crippen LogP contribution >= 0.6 is 11.6 Å². The molecular weight excluding hydrogens is 384 g/mol. The molecule has 1 aliphatic rings. The van der Waals surface area contributed by atoms with Gasteiger partial charge in [-0.2, -0.15) is 0 Å². The summed E-state index contributed by atoms with van der Waals surface area (Å²) in [5.41, 5.74) is 1.99. The molecule has 2 heterocycles. The second-order valence-electron chi connectivity index (χ2n) is 6.34. The third kappa shape index (κ3) is 3.75. The van der Waals surface area contributed by atoms with Gasteiger partial charge >= 0.3 is 5.63 Å². The predicted octanol–water partition coefficient (Wildman–Crippen LogP) is 3.58. The average Bonchev–Trinajstić information content (AvgIpc) is 2.66. The summed E-state index contributed by atoms with van der Waals surface area (Å²) >= 11 is 6.20. The third-order valence-corrected chi connectivity index (χ3v) is 4.62. The van der Waals surface area contributed by atoms with Crippen LogP contribution in [-0.4, -0.2) is 25.7 Å².